The maximum Gasteiger partial charge on any atom is 0.244 e. The van der Waals surface area contributed by atoms with E-state index in [1.807, 2.05) is 0 Å². The topological polar surface area (TPSA) is 59.5 Å². The standard InChI is InChI=1S/C31H28N2O3S/c1-36-30-15-14-27(21-32-30)37(34,35)33-18-16-23(17-19-33)22-10-12-24(13-11-22)31-28-8-4-2-6-25(28)20-26-7-3-5-9-29(26)31/h2-15,20-21,23H,16-19H2,1H3. The summed E-state index contributed by atoms with van der Waals surface area (Å²) in [7, 11) is -2.05. The second kappa shape index (κ2) is 9.61. The molecule has 1 aliphatic heterocycles. The molecule has 0 N–H and O–H groups in total. The lowest BCUT2D eigenvalue weighted by molar-refractivity contribution is 0.319. The van der Waals surface area contributed by atoms with E-state index in [9.17, 15) is 8.42 Å². The summed E-state index contributed by atoms with van der Waals surface area (Å²) in [6, 6.07) is 31.4. The Kier molecular flexibility index (Phi) is 6.14. The Balaban J connectivity index is 1.23. The highest BCUT2D eigenvalue weighted by Gasteiger charge is 2.30. The van der Waals surface area contributed by atoms with E-state index < -0.39 is 10.0 Å². The van der Waals surface area contributed by atoms with Crippen molar-refractivity contribution in [2.45, 2.75) is 23.7 Å². The van der Waals surface area contributed by atoms with Crippen molar-refractivity contribution in [3.63, 3.8) is 0 Å². The predicted octanol–water partition coefficient (Wildman–Crippen LogP) is 6.63. The number of nitrogens with zero attached hydrogens (tertiary/aromatic N) is 2. The summed E-state index contributed by atoms with van der Waals surface area (Å²) in [6.07, 6.45) is 2.95. The van der Waals surface area contributed by atoms with Gasteiger partial charge in [-0.3, -0.25) is 0 Å². The fourth-order valence-corrected chi connectivity index (χ4v) is 6.88. The van der Waals surface area contributed by atoms with Crippen molar-refractivity contribution in [1.82, 2.24) is 9.29 Å². The van der Waals surface area contributed by atoms with E-state index in [2.05, 4.69) is 83.8 Å². The molecule has 0 spiro atoms. The van der Waals surface area contributed by atoms with E-state index in [1.165, 1.54) is 51.5 Å². The molecular formula is C31H28N2O3S. The molecule has 2 heterocycles. The number of piperidine rings is 1. The highest BCUT2D eigenvalue weighted by molar-refractivity contribution is 7.89. The molecule has 0 atom stereocenters. The Morgan fingerprint density at radius 1 is 0.811 bits per heavy atom. The van der Waals surface area contributed by atoms with Gasteiger partial charge in [-0.25, -0.2) is 13.4 Å². The largest absolute Gasteiger partial charge is 0.481 e. The molecule has 0 unspecified atom stereocenters. The van der Waals surface area contributed by atoms with Crippen LogP contribution in [0.2, 0.25) is 0 Å². The first kappa shape index (κ1) is 23.6. The van der Waals surface area contributed by atoms with E-state index >= 15 is 0 Å². The van der Waals surface area contributed by atoms with Crippen molar-refractivity contribution in [2.24, 2.45) is 0 Å². The molecule has 0 saturated carbocycles. The van der Waals surface area contributed by atoms with Crippen LogP contribution in [0, 0.1) is 0 Å². The quantitative estimate of drug-likeness (QED) is 0.250. The van der Waals surface area contributed by atoms with Crippen LogP contribution in [-0.4, -0.2) is 37.9 Å². The van der Waals surface area contributed by atoms with Gasteiger partial charge in [0.25, 0.3) is 0 Å². The molecule has 1 fully saturated rings. The molecule has 5 aromatic rings. The smallest absolute Gasteiger partial charge is 0.244 e. The number of hydrogen-bond acceptors (Lipinski definition) is 4. The molecular weight excluding hydrogens is 480 g/mol. The van der Waals surface area contributed by atoms with E-state index in [-0.39, 0.29) is 4.90 Å². The van der Waals surface area contributed by atoms with Crippen molar-refractivity contribution in [2.75, 3.05) is 20.2 Å². The average molecular weight is 509 g/mol. The van der Waals surface area contributed by atoms with Crippen LogP contribution in [0.4, 0.5) is 0 Å². The maximum atomic E-state index is 13.1. The lowest BCUT2D eigenvalue weighted by atomic mass is 9.87. The van der Waals surface area contributed by atoms with Crippen LogP contribution < -0.4 is 4.74 Å². The third kappa shape index (κ3) is 4.37. The van der Waals surface area contributed by atoms with Gasteiger partial charge in [0.2, 0.25) is 15.9 Å². The first-order chi connectivity index (χ1) is 18.0. The van der Waals surface area contributed by atoms with E-state index in [4.69, 9.17) is 4.74 Å². The van der Waals surface area contributed by atoms with Gasteiger partial charge >= 0.3 is 0 Å². The molecule has 5 nitrogen and oxygen atoms in total. The fourth-order valence-electron chi connectivity index (χ4n) is 5.47. The van der Waals surface area contributed by atoms with Crippen molar-refractivity contribution < 1.29 is 13.2 Å². The normalized spacial score (nSPS) is 15.3. The zero-order valence-corrected chi connectivity index (χ0v) is 21.5. The van der Waals surface area contributed by atoms with Gasteiger partial charge < -0.3 is 4.74 Å². The van der Waals surface area contributed by atoms with Crippen LogP contribution >= 0.6 is 0 Å². The minimum atomic E-state index is -3.56. The first-order valence-electron chi connectivity index (χ1n) is 12.6. The minimum absolute atomic E-state index is 0.207. The summed E-state index contributed by atoms with van der Waals surface area (Å²) in [5.41, 5.74) is 3.72. The number of rotatable bonds is 5. The Labute approximate surface area is 217 Å². The Hall–Kier alpha value is -3.74. The summed E-state index contributed by atoms with van der Waals surface area (Å²) >= 11 is 0. The lowest BCUT2D eigenvalue weighted by Crippen LogP contribution is -2.37. The molecule has 0 aliphatic carbocycles. The van der Waals surface area contributed by atoms with Gasteiger partial charge in [0.05, 0.1) is 13.3 Å². The second-order valence-corrected chi connectivity index (χ2v) is 11.5. The van der Waals surface area contributed by atoms with E-state index in [0.717, 1.165) is 12.8 Å². The number of ether oxygens (including phenoxy) is 1. The molecule has 6 rings (SSSR count). The third-order valence-electron chi connectivity index (χ3n) is 7.45. The number of benzene rings is 4. The molecule has 1 saturated heterocycles. The van der Waals surface area contributed by atoms with Crippen LogP contribution in [-0.2, 0) is 10.0 Å². The third-order valence-corrected chi connectivity index (χ3v) is 9.33. The highest BCUT2D eigenvalue weighted by atomic mass is 32.2. The Bertz CT molecular complexity index is 1620. The Morgan fingerprint density at radius 2 is 1.43 bits per heavy atom. The second-order valence-electron chi connectivity index (χ2n) is 9.53. The van der Waals surface area contributed by atoms with Crippen LogP contribution in [0.1, 0.15) is 24.3 Å². The molecule has 186 valence electrons. The number of methoxy groups -OCH3 is 1. The average Bonchev–Trinajstić information content (AvgIpc) is 2.96. The van der Waals surface area contributed by atoms with Gasteiger partial charge in [-0.2, -0.15) is 4.31 Å². The highest BCUT2D eigenvalue weighted by Crippen LogP contribution is 2.38. The molecule has 0 radical (unpaired) electrons. The molecule has 6 heteroatoms. The minimum Gasteiger partial charge on any atom is -0.481 e. The van der Waals surface area contributed by atoms with Crippen LogP contribution in [0.3, 0.4) is 0 Å². The van der Waals surface area contributed by atoms with Crippen molar-refractivity contribution >= 4 is 31.6 Å². The molecule has 4 aromatic carbocycles. The SMILES string of the molecule is COc1ccc(S(=O)(=O)N2CCC(c3ccc(-c4c5ccccc5cc5ccccc45)cc3)CC2)cn1. The number of hydrogen-bond donors (Lipinski definition) is 0. The molecule has 1 aliphatic rings. The van der Waals surface area contributed by atoms with Crippen LogP contribution in [0.15, 0.2) is 102 Å². The Morgan fingerprint density at radius 3 is 2.00 bits per heavy atom. The fraction of sp³-hybridized carbons (Fsp3) is 0.194. The number of pyridine rings is 1. The van der Waals surface area contributed by atoms with Crippen LogP contribution in [0.25, 0.3) is 32.7 Å². The zero-order valence-electron chi connectivity index (χ0n) is 20.7. The monoisotopic (exact) mass is 508 g/mol. The molecule has 1 aromatic heterocycles. The summed E-state index contributed by atoms with van der Waals surface area (Å²) < 4.78 is 32.8. The van der Waals surface area contributed by atoms with Gasteiger partial charge in [0, 0.05) is 19.2 Å². The van der Waals surface area contributed by atoms with E-state index in [1.54, 1.807) is 16.4 Å². The maximum absolute atomic E-state index is 13.1. The number of fused-ring (bicyclic) bond motifs is 2. The zero-order chi connectivity index (χ0) is 25.4. The van der Waals surface area contributed by atoms with E-state index in [0.29, 0.717) is 24.9 Å². The van der Waals surface area contributed by atoms with Gasteiger partial charge in [-0.1, -0.05) is 72.8 Å². The molecule has 0 amide bonds. The predicted molar refractivity (Wildman–Crippen MR) is 148 cm³/mol. The van der Waals surface area contributed by atoms with Crippen molar-refractivity contribution in [1.29, 1.82) is 0 Å². The summed E-state index contributed by atoms with van der Waals surface area (Å²) in [5, 5.41) is 4.97. The van der Waals surface area contributed by atoms with Crippen molar-refractivity contribution in [3.05, 3.63) is 103 Å². The van der Waals surface area contributed by atoms with Crippen LogP contribution in [0.5, 0.6) is 5.88 Å². The number of aromatic nitrogens is 1. The van der Waals surface area contributed by atoms with Gasteiger partial charge in [-0.15, -0.1) is 0 Å². The van der Waals surface area contributed by atoms with Crippen molar-refractivity contribution in [3.8, 4) is 17.0 Å². The number of sulfonamides is 1. The molecule has 0 bridgehead atoms. The molecule has 37 heavy (non-hydrogen) atoms. The summed E-state index contributed by atoms with van der Waals surface area (Å²) in [4.78, 5) is 4.27. The first-order valence-corrected chi connectivity index (χ1v) is 14.0. The summed E-state index contributed by atoms with van der Waals surface area (Å²) in [5.74, 6) is 0.733. The lowest BCUT2D eigenvalue weighted by Gasteiger charge is -2.31. The summed E-state index contributed by atoms with van der Waals surface area (Å²) in [6.45, 7) is 0.990. The van der Waals surface area contributed by atoms with Gasteiger partial charge in [0.15, 0.2) is 0 Å². The van der Waals surface area contributed by atoms with Gasteiger partial charge in [0.1, 0.15) is 4.90 Å². The van der Waals surface area contributed by atoms with Gasteiger partial charge in [-0.05, 0) is 69.1 Å².